The molecule has 0 aromatic carbocycles. The van der Waals surface area contributed by atoms with Crippen molar-refractivity contribution in [2.75, 3.05) is 37.6 Å². The molecule has 0 bridgehead atoms. The first-order valence-electron chi connectivity index (χ1n) is 7.48. The first kappa shape index (κ1) is 15.2. The van der Waals surface area contributed by atoms with E-state index in [1.54, 1.807) is 12.4 Å². The number of carbonyl (C=O) groups excluding carboxylic acids is 2. The van der Waals surface area contributed by atoms with Crippen molar-refractivity contribution in [2.45, 2.75) is 18.2 Å². The minimum Gasteiger partial charge on any atom is -0.338 e. The maximum atomic E-state index is 11.1. The van der Waals surface area contributed by atoms with Gasteiger partial charge in [-0.05, 0) is 25.5 Å². The minimum absolute atomic E-state index is 0.0426. The van der Waals surface area contributed by atoms with E-state index in [0.717, 1.165) is 63.3 Å². The lowest BCUT2D eigenvalue weighted by atomic mass is 10.2. The molecule has 0 saturated carbocycles. The fourth-order valence-corrected chi connectivity index (χ4v) is 3.55. The Morgan fingerprint density at radius 3 is 2.55 bits per heavy atom. The van der Waals surface area contributed by atoms with Gasteiger partial charge in [-0.3, -0.25) is 14.5 Å². The molecule has 2 aliphatic heterocycles. The Labute approximate surface area is 133 Å². The molecule has 1 aromatic heterocycles. The standard InChI is InChI=1S/C14H19N5O2S/c20-12-13(21)22-11(17-12)3-1-6-18-7-9-19(10-8-18)14-15-4-2-5-16-14/h2,4-5,11H,1,3,6-10H2,(H,17,20). The fourth-order valence-electron chi connectivity index (χ4n) is 2.67. The van der Waals surface area contributed by atoms with Crippen LogP contribution in [0.3, 0.4) is 0 Å². The van der Waals surface area contributed by atoms with Crippen molar-refractivity contribution >= 4 is 28.7 Å². The Kier molecular flexibility index (Phi) is 4.89. The molecule has 8 heteroatoms. The van der Waals surface area contributed by atoms with E-state index in [1.807, 2.05) is 6.07 Å². The number of hydrogen-bond acceptors (Lipinski definition) is 7. The predicted molar refractivity (Wildman–Crippen MR) is 84.4 cm³/mol. The molecule has 0 aliphatic carbocycles. The quantitative estimate of drug-likeness (QED) is 0.770. The molecule has 118 valence electrons. The van der Waals surface area contributed by atoms with E-state index in [9.17, 15) is 9.59 Å². The zero-order chi connectivity index (χ0) is 15.4. The van der Waals surface area contributed by atoms with E-state index in [-0.39, 0.29) is 10.5 Å². The lowest BCUT2D eigenvalue weighted by Crippen LogP contribution is -2.47. The van der Waals surface area contributed by atoms with Crippen molar-refractivity contribution in [2.24, 2.45) is 0 Å². The van der Waals surface area contributed by atoms with Gasteiger partial charge in [-0.1, -0.05) is 11.8 Å². The van der Waals surface area contributed by atoms with Gasteiger partial charge in [0.25, 0.3) is 11.0 Å². The molecule has 2 saturated heterocycles. The van der Waals surface area contributed by atoms with E-state index >= 15 is 0 Å². The molecule has 1 atom stereocenters. The van der Waals surface area contributed by atoms with Crippen LogP contribution in [0.1, 0.15) is 12.8 Å². The highest BCUT2D eigenvalue weighted by molar-refractivity contribution is 8.16. The molecule has 1 N–H and O–H groups in total. The fraction of sp³-hybridized carbons (Fsp3) is 0.571. The lowest BCUT2D eigenvalue weighted by molar-refractivity contribution is -0.132. The van der Waals surface area contributed by atoms with Gasteiger partial charge in [-0.15, -0.1) is 0 Å². The Hall–Kier alpha value is -1.67. The molecular weight excluding hydrogens is 302 g/mol. The average molecular weight is 321 g/mol. The van der Waals surface area contributed by atoms with Crippen LogP contribution in [0.5, 0.6) is 0 Å². The van der Waals surface area contributed by atoms with Crippen molar-refractivity contribution in [3.63, 3.8) is 0 Å². The number of piperazine rings is 1. The predicted octanol–water partition coefficient (Wildman–Crippen LogP) is 0.0945. The molecule has 1 aromatic rings. The highest BCUT2D eigenvalue weighted by Gasteiger charge is 2.30. The summed E-state index contributed by atoms with van der Waals surface area (Å²) in [5.41, 5.74) is 0. The SMILES string of the molecule is O=C1NC(CCCN2CCN(c3ncccn3)CC2)SC1=O. The van der Waals surface area contributed by atoms with Gasteiger partial charge in [0, 0.05) is 38.6 Å². The van der Waals surface area contributed by atoms with E-state index in [4.69, 9.17) is 0 Å². The number of amides is 1. The second-order valence-electron chi connectivity index (χ2n) is 5.39. The number of rotatable bonds is 5. The van der Waals surface area contributed by atoms with Crippen LogP contribution in [0.15, 0.2) is 18.5 Å². The van der Waals surface area contributed by atoms with Crippen molar-refractivity contribution < 1.29 is 9.59 Å². The van der Waals surface area contributed by atoms with Gasteiger partial charge in [-0.2, -0.15) is 0 Å². The molecule has 1 unspecified atom stereocenters. The van der Waals surface area contributed by atoms with Gasteiger partial charge < -0.3 is 10.2 Å². The number of thioether (sulfide) groups is 1. The van der Waals surface area contributed by atoms with Gasteiger partial charge in [0.05, 0.1) is 5.37 Å². The van der Waals surface area contributed by atoms with Crippen LogP contribution in [0.4, 0.5) is 5.95 Å². The summed E-state index contributed by atoms with van der Waals surface area (Å²) < 4.78 is 0. The summed E-state index contributed by atoms with van der Waals surface area (Å²) in [6.45, 7) is 4.82. The summed E-state index contributed by atoms with van der Waals surface area (Å²) in [6, 6.07) is 1.82. The molecular formula is C14H19N5O2S. The molecule has 2 fully saturated rings. The van der Waals surface area contributed by atoms with Crippen LogP contribution in [-0.4, -0.2) is 64.0 Å². The van der Waals surface area contributed by atoms with Gasteiger partial charge in [0.2, 0.25) is 5.95 Å². The summed E-state index contributed by atoms with van der Waals surface area (Å²) in [7, 11) is 0. The van der Waals surface area contributed by atoms with Crippen LogP contribution in [0.25, 0.3) is 0 Å². The molecule has 0 spiro atoms. The van der Waals surface area contributed by atoms with E-state index < -0.39 is 5.91 Å². The van der Waals surface area contributed by atoms with Crippen molar-refractivity contribution in [3.8, 4) is 0 Å². The van der Waals surface area contributed by atoms with Crippen LogP contribution in [0.2, 0.25) is 0 Å². The highest BCUT2D eigenvalue weighted by atomic mass is 32.2. The second-order valence-corrected chi connectivity index (χ2v) is 6.56. The first-order valence-corrected chi connectivity index (χ1v) is 8.36. The van der Waals surface area contributed by atoms with E-state index in [2.05, 4.69) is 25.1 Å². The number of nitrogens with zero attached hydrogens (tertiary/aromatic N) is 4. The lowest BCUT2D eigenvalue weighted by Gasteiger charge is -2.34. The number of aromatic nitrogens is 2. The van der Waals surface area contributed by atoms with Gasteiger partial charge in [0.15, 0.2) is 0 Å². The molecule has 22 heavy (non-hydrogen) atoms. The number of hydrogen-bond donors (Lipinski definition) is 1. The van der Waals surface area contributed by atoms with Crippen molar-refractivity contribution in [3.05, 3.63) is 18.5 Å². The molecule has 1 amide bonds. The zero-order valence-corrected chi connectivity index (χ0v) is 13.1. The molecule has 7 nitrogen and oxygen atoms in total. The maximum absolute atomic E-state index is 11.1. The Balaban J connectivity index is 1.36. The minimum atomic E-state index is -0.452. The van der Waals surface area contributed by atoms with E-state index in [1.165, 1.54) is 0 Å². The number of carbonyl (C=O) groups is 2. The summed E-state index contributed by atoms with van der Waals surface area (Å²) in [5.74, 6) is 0.345. The molecule has 0 radical (unpaired) electrons. The summed E-state index contributed by atoms with van der Waals surface area (Å²) in [6.07, 6.45) is 5.35. The Morgan fingerprint density at radius 1 is 1.18 bits per heavy atom. The monoisotopic (exact) mass is 321 g/mol. The number of nitrogens with one attached hydrogen (secondary N) is 1. The first-order chi connectivity index (χ1) is 10.7. The van der Waals surface area contributed by atoms with Crippen molar-refractivity contribution in [1.82, 2.24) is 20.2 Å². The Bertz CT molecular complexity index is 517. The average Bonchev–Trinajstić information content (AvgIpc) is 2.87. The van der Waals surface area contributed by atoms with Crippen molar-refractivity contribution in [1.29, 1.82) is 0 Å². The normalized spacial score (nSPS) is 22.9. The second kappa shape index (κ2) is 7.06. The number of anilines is 1. The maximum Gasteiger partial charge on any atom is 0.299 e. The van der Waals surface area contributed by atoms with Crippen LogP contribution in [-0.2, 0) is 9.59 Å². The van der Waals surface area contributed by atoms with Crippen LogP contribution in [0, 0.1) is 0 Å². The third kappa shape index (κ3) is 3.75. The molecule has 3 rings (SSSR count). The summed E-state index contributed by atoms with van der Waals surface area (Å²) in [4.78, 5) is 35.4. The third-order valence-corrected chi connectivity index (χ3v) is 4.91. The topological polar surface area (TPSA) is 78.4 Å². The third-order valence-electron chi connectivity index (χ3n) is 3.87. The van der Waals surface area contributed by atoms with E-state index in [0.29, 0.717) is 0 Å². The summed E-state index contributed by atoms with van der Waals surface area (Å²) in [5, 5.41) is 2.30. The Morgan fingerprint density at radius 2 is 1.91 bits per heavy atom. The molecule has 3 heterocycles. The van der Waals surface area contributed by atoms with Gasteiger partial charge in [-0.25, -0.2) is 9.97 Å². The molecule has 2 aliphatic rings. The largest absolute Gasteiger partial charge is 0.338 e. The van der Waals surface area contributed by atoms with Crippen LogP contribution < -0.4 is 10.2 Å². The smallest absolute Gasteiger partial charge is 0.299 e. The summed E-state index contributed by atoms with van der Waals surface area (Å²) >= 11 is 1.12. The highest BCUT2D eigenvalue weighted by Crippen LogP contribution is 2.21. The van der Waals surface area contributed by atoms with Crippen LogP contribution >= 0.6 is 11.8 Å². The van der Waals surface area contributed by atoms with Gasteiger partial charge in [0.1, 0.15) is 0 Å². The zero-order valence-electron chi connectivity index (χ0n) is 12.3. The van der Waals surface area contributed by atoms with Gasteiger partial charge >= 0.3 is 0 Å².